The minimum atomic E-state index is -1.56. The van der Waals surface area contributed by atoms with E-state index in [1.807, 2.05) is 0 Å². The number of aromatic carboxylic acids is 1. The molecule has 0 unspecified atom stereocenters. The highest BCUT2D eigenvalue weighted by Crippen LogP contribution is 2.29. The predicted octanol–water partition coefficient (Wildman–Crippen LogP) is 1.55. The molecule has 0 radical (unpaired) electrons. The molecule has 70 valence electrons. The molecule has 0 aliphatic heterocycles. The standard InChI is InChI=1S/C8H7F2NO2/c9-6-4-2-1-3-5(4)11(10)7(6)8(12)13/h1-3H2,(H,12,13). The Morgan fingerprint density at radius 3 is 2.69 bits per heavy atom. The van der Waals surface area contributed by atoms with Crippen LogP contribution in [-0.2, 0) is 12.8 Å². The number of halogens is 2. The summed E-state index contributed by atoms with van der Waals surface area (Å²) in [4.78, 5) is 10.4. The first kappa shape index (κ1) is 8.22. The van der Waals surface area contributed by atoms with Gasteiger partial charge < -0.3 is 5.11 Å². The average Bonchev–Trinajstić information content (AvgIpc) is 2.56. The minimum absolute atomic E-state index is 0.0417. The third-order valence-corrected chi connectivity index (χ3v) is 2.30. The van der Waals surface area contributed by atoms with E-state index in [4.69, 9.17) is 5.11 Å². The van der Waals surface area contributed by atoms with Gasteiger partial charge in [0, 0.05) is 5.56 Å². The van der Waals surface area contributed by atoms with E-state index in [0.29, 0.717) is 19.3 Å². The van der Waals surface area contributed by atoms with Crippen LogP contribution >= 0.6 is 0 Å². The maximum Gasteiger partial charge on any atom is 0.358 e. The molecule has 0 fully saturated rings. The molecule has 1 aromatic heterocycles. The molecule has 3 nitrogen and oxygen atoms in total. The number of hydrogen-bond acceptors (Lipinski definition) is 1. The van der Waals surface area contributed by atoms with Crippen LogP contribution in [0.2, 0.25) is 0 Å². The number of nitrogens with zero attached hydrogens (tertiary/aromatic N) is 1. The van der Waals surface area contributed by atoms with Gasteiger partial charge in [-0.2, -0.15) is 4.79 Å². The number of carboxylic acids is 1. The Labute approximate surface area is 72.5 Å². The Balaban J connectivity index is 2.66. The second-order valence-corrected chi connectivity index (χ2v) is 3.03. The van der Waals surface area contributed by atoms with Crippen LogP contribution in [0.3, 0.4) is 0 Å². The van der Waals surface area contributed by atoms with Crippen molar-refractivity contribution < 1.29 is 18.8 Å². The molecule has 0 bridgehead atoms. The smallest absolute Gasteiger partial charge is 0.358 e. The van der Waals surface area contributed by atoms with E-state index in [-0.39, 0.29) is 16.0 Å². The number of aromatic nitrogens is 1. The van der Waals surface area contributed by atoms with Gasteiger partial charge in [0.25, 0.3) is 0 Å². The molecule has 1 aliphatic carbocycles. The first-order valence-corrected chi connectivity index (χ1v) is 3.94. The molecule has 0 saturated heterocycles. The molecule has 1 aromatic rings. The fourth-order valence-electron chi connectivity index (χ4n) is 1.72. The summed E-state index contributed by atoms with van der Waals surface area (Å²) in [5.41, 5.74) is -0.473. The van der Waals surface area contributed by atoms with Crippen molar-refractivity contribution in [1.29, 1.82) is 0 Å². The summed E-state index contributed by atoms with van der Waals surface area (Å²) in [5, 5.41) is 8.50. The molecular formula is C8H7F2NO2. The zero-order valence-corrected chi connectivity index (χ0v) is 6.68. The van der Waals surface area contributed by atoms with E-state index in [9.17, 15) is 13.7 Å². The van der Waals surface area contributed by atoms with Gasteiger partial charge in [-0.05, 0) is 19.3 Å². The second-order valence-electron chi connectivity index (χ2n) is 3.03. The van der Waals surface area contributed by atoms with Crippen molar-refractivity contribution in [2.45, 2.75) is 19.3 Å². The zero-order valence-electron chi connectivity index (χ0n) is 6.68. The summed E-state index contributed by atoms with van der Waals surface area (Å²) in [6.45, 7) is 0. The van der Waals surface area contributed by atoms with Gasteiger partial charge in [-0.3, -0.25) is 0 Å². The Morgan fingerprint density at radius 1 is 1.46 bits per heavy atom. The molecule has 1 N–H and O–H groups in total. The van der Waals surface area contributed by atoms with Gasteiger partial charge in [0.05, 0.1) is 5.69 Å². The van der Waals surface area contributed by atoms with E-state index in [1.165, 1.54) is 0 Å². The molecular weight excluding hydrogens is 180 g/mol. The number of rotatable bonds is 1. The van der Waals surface area contributed by atoms with Gasteiger partial charge in [-0.15, -0.1) is 0 Å². The van der Waals surface area contributed by atoms with Crippen LogP contribution in [-0.4, -0.2) is 15.9 Å². The lowest BCUT2D eigenvalue weighted by molar-refractivity contribution is 0.0665. The molecule has 0 atom stereocenters. The van der Waals surface area contributed by atoms with Crippen molar-refractivity contribution in [2.24, 2.45) is 0 Å². The number of hydrogen-bond donors (Lipinski definition) is 1. The molecule has 13 heavy (non-hydrogen) atoms. The highest BCUT2D eigenvalue weighted by molar-refractivity contribution is 5.86. The normalized spacial score (nSPS) is 14.6. The van der Waals surface area contributed by atoms with Crippen molar-refractivity contribution in [3.05, 3.63) is 22.8 Å². The van der Waals surface area contributed by atoms with Gasteiger partial charge in [0.15, 0.2) is 11.5 Å². The van der Waals surface area contributed by atoms with Gasteiger partial charge in [0.1, 0.15) is 0 Å². The Kier molecular flexibility index (Phi) is 1.61. The fraction of sp³-hybridized carbons (Fsp3) is 0.375. The summed E-state index contributed by atoms with van der Waals surface area (Å²) >= 11 is 0. The molecule has 1 heterocycles. The lowest BCUT2D eigenvalue weighted by Crippen LogP contribution is -2.05. The summed E-state index contributed by atoms with van der Waals surface area (Å²) in [7, 11) is 0. The lowest BCUT2D eigenvalue weighted by atomic mass is 10.2. The van der Waals surface area contributed by atoms with E-state index in [1.54, 1.807) is 0 Å². The van der Waals surface area contributed by atoms with Gasteiger partial charge >= 0.3 is 5.97 Å². The fourth-order valence-corrected chi connectivity index (χ4v) is 1.72. The number of fused-ring (bicyclic) bond motifs is 1. The minimum Gasteiger partial charge on any atom is -0.476 e. The van der Waals surface area contributed by atoms with Crippen LogP contribution in [0.5, 0.6) is 0 Å². The van der Waals surface area contributed by atoms with Crippen LogP contribution in [0.15, 0.2) is 0 Å². The average molecular weight is 187 g/mol. The van der Waals surface area contributed by atoms with Crippen LogP contribution in [0, 0.1) is 5.82 Å². The molecule has 0 spiro atoms. The Bertz CT molecular complexity index is 356. The van der Waals surface area contributed by atoms with E-state index in [0.717, 1.165) is 0 Å². The first-order chi connectivity index (χ1) is 6.13. The predicted molar refractivity (Wildman–Crippen MR) is 39.9 cm³/mol. The Morgan fingerprint density at radius 2 is 2.15 bits per heavy atom. The monoisotopic (exact) mass is 187 g/mol. The molecule has 0 amide bonds. The molecule has 0 aromatic carbocycles. The van der Waals surface area contributed by atoms with E-state index < -0.39 is 17.5 Å². The summed E-state index contributed by atoms with van der Waals surface area (Å²) in [6.07, 6.45) is 1.53. The highest BCUT2D eigenvalue weighted by atomic mass is 19.2. The summed E-state index contributed by atoms with van der Waals surface area (Å²) in [6, 6.07) is 0. The summed E-state index contributed by atoms with van der Waals surface area (Å²) in [5.74, 6) is -2.48. The van der Waals surface area contributed by atoms with Crippen LogP contribution in [0.1, 0.15) is 28.2 Å². The number of carbonyl (C=O) groups is 1. The van der Waals surface area contributed by atoms with Crippen molar-refractivity contribution in [3.8, 4) is 0 Å². The van der Waals surface area contributed by atoms with Gasteiger partial charge in [-0.1, -0.05) is 4.48 Å². The first-order valence-electron chi connectivity index (χ1n) is 3.94. The zero-order chi connectivity index (χ0) is 9.59. The molecule has 0 saturated carbocycles. The molecule has 2 rings (SSSR count). The quantitative estimate of drug-likeness (QED) is 0.724. The second kappa shape index (κ2) is 2.55. The molecule has 1 aliphatic rings. The van der Waals surface area contributed by atoms with Crippen molar-refractivity contribution >= 4 is 5.97 Å². The third-order valence-electron chi connectivity index (χ3n) is 2.30. The molecule has 5 heteroatoms. The largest absolute Gasteiger partial charge is 0.476 e. The maximum absolute atomic E-state index is 13.2. The SMILES string of the molecule is O=C(O)c1c(F)c2c(n1F)CCC2. The maximum atomic E-state index is 13.2. The lowest BCUT2D eigenvalue weighted by Gasteiger charge is -1.95. The number of carboxylic acid groups (broad SMARTS) is 1. The van der Waals surface area contributed by atoms with Crippen LogP contribution in [0.4, 0.5) is 8.87 Å². The third kappa shape index (κ3) is 0.961. The van der Waals surface area contributed by atoms with Gasteiger partial charge in [0.2, 0.25) is 0 Å². The van der Waals surface area contributed by atoms with E-state index in [2.05, 4.69) is 0 Å². The van der Waals surface area contributed by atoms with Gasteiger partial charge in [-0.25, -0.2) is 9.18 Å². The topological polar surface area (TPSA) is 42.2 Å². The van der Waals surface area contributed by atoms with Crippen molar-refractivity contribution in [1.82, 2.24) is 4.79 Å². The highest BCUT2D eigenvalue weighted by Gasteiger charge is 2.30. The Hall–Kier alpha value is -1.39. The van der Waals surface area contributed by atoms with Crippen LogP contribution in [0.25, 0.3) is 0 Å². The van der Waals surface area contributed by atoms with E-state index >= 15 is 0 Å². The van der Waals surface area contributed by atoms with Crippen LogP contribution < -0.4 is 0 Å². The summed E-state index contributed by atoms with van der Waals surface area (Å²) < 4.78 is 26.3. The van der Waals surface area contributed by atoms with Crippen molar-refractivity contribution in [3.63, 3.8) is 0 Å². The van der Waals surface area contributed by atoms with Crippen molar-refractivity contribution in [2.75, 3.05) is 0 Å².